The number of benzene rings is 2. The lowest BCUT2D eigenvalue weighted by Crippen LogP contribution is -2.55. The van der Waals surface area contributed by atoms with Crippen LogP contribution in [0.5, 0.6) is 5.75 Å². The van der Waals surface area contributed by atoms with Crippen molar-refractivity contribution in [3.63, 3.8) is 0 Å². The van der Waals surface area contributed by atoms with Crippen molar-refractivity contribution >= 4 is 21.4 Å². The number of hydrogen-bond acceptors (Lipinski definition) is 8. The average molecular weight is 461 g/mol. The van der Waals surface area contributed by atoms with Gasteiger partial charge in [-0.05, 0) is 35.2 Å². The van der Waals surface area contributed by atoms with Gasteiger partial charge in [0.25, 0.3) is 0 Å². The van der Waals surface area contributed by atoms with Crippen molar-refractivity contribution in [2.75, 3.05) is 26.9 Å². The van der Waals surface area contributed by atoms with Crippen LogP contribution in [0.3, 0.4) is 0 Å². The third kappa shape index (κ3) is 4.82. The van der Waals surface area contributed by atoms with Crippen LogP contribution in [-0.2, 0) is 15.9 Å². The van der Waals surface area contributed by atoms with E-state index in [1.165, 1.54) is 15.0 Å². The predicted octanol–water partition coefficient (Wildman–Crippen LogP) is 2.03. The van der Waals surface area contributed by atoms with Crippen LogP contribution in [-0.4, -0.2) is 71.8 Å². The summed E-state index contributed by atoms with van der Waals surface area (Å²) in [7, 11) is 1.58. The molecule has 0 aliphatic carbocycles. The fourth-order valence-electron chi connectivity index (χ4n) is 3.98. The second-order valence-electron chi connectivity index (χ2n) is 7.89. The molecule has 3 unspecified atom stereocenters. The van der Waals surface area contributed by atoms with Crippen molar-refractivity contribution in [2.24, 2.45) is 0 Å². The summed E-state index contributed by atoms with van der Waals surface area (Å²) in [5.41, 5.74) is 1.54. The molecular formula is C24H28O7S. The first-order valence-electron chi connectivity index (χ1n) is 10.5. The number of methoxy groups -OCH3 is 1. The summed E-state index contributed by atoms with van der Waals surface area (Å²) in [6.45, 7) is 0.205. The Balaban J connectivity index is 1.65. The number of thiophene rings is 1. The molecule has 1 aliphatic rings. The second kappa shape index (κ2) is 10.3. The predicted molar refractivity (Wildman–Crippen MR) is 121 cm³/mol. The first-order chi connectivity index (χ1) is 15.5. The number of hydrogen-bond donors (Lipinski definition) is 4. The molecule has 4 rings (SSSR count). The fraction of sp³-hybridized carbons (Fsp3) is 0.417. The molecule has 32 heavy (non-hydrogen) atoms. The summed E-state index contributed by atoms with van der Waals surface area (Å²) in [6, 6.07) is 16.0. The SMILES string of the molecule is COCCOc1ccc(Cc2cc3ccccc3s2)cc1C1O[C@H](CO)C(O)C(O)[C@H]1O. The highest BCUT2D eigenvalue weighted by molar-refractivity contribution is 7.19. The summed E-state index contributed by atoms with van der Waals surface area (Å²) in [5.74, 6) is 0.492. The highest BCUT2D eigenvalue weighted by atomic mass is 32.1. The zero-order valence-electron chi connectivity index (χ0n) is 17.8. The van der Waals surface area contributed by atoms with E-state index in [4.69, 9.17) is 14.2 Å². The van der Waals surface area contributed by atoms with Crippen LogP contribution in [0.25, 0.3) is 10.1 Å². The standard InChI is InChI=1S/C24H28O7S/c1-29-8-9-30-18-7-6-14(10-16-12-15-4-2-3-5-20(15)32-16)11-17(18)24-23(28)22(27)21(26)19(13-25)31-24/h2-7,11-12,19,21-28H,8-10,13H2,1H3/t19-,21?,22?,23-,24?/m1/s1. The lowest BCUT2D eigenvalue weighted by Gasteiger charge is -2.40. The molecule has 8 heteroatoms. The van der Waals surface area contributed by atoms with Gasteiger partial charge in [0.15, 0.2) is 0 Å². The Kier molecular flexibility index (Phi) is 7.42. The lowest BCUT2D eigenvalue weighted by molar-refractivity contribution is -0.232. The molecule has 0 bridgehead atoms. The van der Waals surface area contributed by atoms with Crippen molar-refractivity contribution in [1.29, 1.82) is 0 Å². The number of aliphatic hydroxyl groups is 4. The van der Waals surface area contributed by atoms with Crippen LogP contribution in [0.15, 0.2) is 48.5 Å². The Labute approximate surface area is 190 Å². The smallest absolute Gasteiger partial charge is 0.125 e. The van der Waals surface area contributed by atoms with E-state index in [0.717, 1.165) is 5.56 Å². The Morgan fingerprint density at radius 3 is 2.53 bits per heavy atom. The van der Waals surface area contributed by atoms with E-state index < -0.39 is 37.1 Å². The Morgan fingerprint density at radius 1 is 0.969 bits per heavy atom. The quantitative estimate of drug-likeness (QED) is 0.381. The molecule has 172 valence electrons. The minimum absolute atomic E-state index is 0.302. The van der Waals surface area contributed by atoms with Gasteiger partial charge in [0.05, 0.1) is 13.2 Å². The summed E-state index contributed by atoms with van der Waals surface area (Å²) in [6.07, 6.45) is -5.52. The first-order valence-corrected chi connectivity index (χ1v) is 11.4. The van der Waals surface area contributed by atoms with E-state index in [2.05, 4.69) is 18.2 Å². The number of aliphatic hydroxyl groups excluding tert-OH is 4. The summed E-state index contributed by atoms with van der Waals surface area (Å²) < 4.78 is 17.9. The maximum atomic E-state index is 10.7. The van der Waals surface area contributed by atoms with Crippen LogP contribution in [0.2, 0.25) is 0 Å². The van der Waals surface area contributed by atoms with Crippen LogP contribution in [0, 0.1) is 0 Å². The summed E-state index contributed by atoms with van der Waals surface area (Å²) in [5, 5.41) is 41.8. The molecule has 0 saturated carbocycles. The topological polar surface area (TPSA) is 109 Å². The molecule has 2 aromatic carbocycles. The second-order valence-corrected chi connectivity index (χ2v) is 9.06. The lowest BCUT2D eigenvalue weighted by atomic mass is 9.90. The summed E-state index contributed by atoms with van der Waals surface area (Å²) >= 11 is 1.73. The van der Waals surface area contributed by atoms with Gasteiger partial charge in [-0.25, -0.2) is 0 Å². The zero-order chi connectivity index (χ0) is 22.7. The van der Waals surface area contributed by atoms with E-state index in [1.54, 1.807) is 18.4 Å². The molecule has 1 fully saturated rings. The Hall–Kier alpha value is -2.04. The highest BCUT2D eigenvalue weighted by Gasteiger charge is 2.44. The van der Waals surface area contributed by atoms with E-state index in [1.807, 2.05) is 30.3 Å². The van der Waals surface area contributed by atoms with Crippen molar-refractivity contribution < 1.29 is 34.6 Å². The van der Waals surface area contributed by atoms with Gasteiger partial charge in [0.2, 0.25) is 0 Å². The Morgan fingerprint density at radius 2 is 1.78 bits per heavy atom. The van der Waals surface area contributed by atoms with Gasteiger partial charge < -0.3 is 34.6 Å². The third-order valence-corrected chi connectivity index (χ3v) is 6.79. The molecule has 0 spiro atoms. The van der Waals surface area contributed by atoms with Crippen LogP contribution in [0.4, 0.5) is 0 Å². The van der Waals surface area contributed by atoms with Crippen LogP contribution in [0.1, 0.15) is 22.1 Å². The van der Waals surface area contributed by atoms with Crippen molar-refractivity contribution in [3.8, 4) is 5.75 Å². The molecule has 0 radical (unpaired) electrons. The molecule has 5 atom stereocenters. The van der Waals surface area contributed by atoms with Gasteiger partial charge in [-0.3, -0.25) is 0 Å². The van der Waals surface area contributed by atoms with E-state index >= 15 is 0 Å². The van der Waals surface area contributed by atoms with Gasteiger partial charge in [0, 0.05) is 28.7 Å². The fourth-order valence-corrected chi connectivity index (χ4v) is 5.08. The monoisotopic (exact) mass is 460 g/mol. The minimum Gasteiger partial charge on any atom is -0.491 e. The van der Waals surface area contributed by atoms with Gasteiger partial charge in [-0.15, -0.1) is 11.3 Å². The minimum atomic E-state index is -1.45. The normalized spacial score (nSPS) is 25.8. The molecular weight excluding hydrogens is 432 g/mol. The largest absolute Gasteiger partial charge is 0.491 e. The maximum absolute atomic E-state index is 10.7. The molecule has 7 nitrogen and oxygen atoms in total. The van der Waals surface area contributed by atoms with Gasteiger partial charge in [-0.2, -0.15) is 0 Å². The molecule has 1 saturated heterocycles. The molecule has 0 amide bonds. The van der Waals surface area contributed by atoms with Crippen LogP contribution >= 0.6 is 11.3 Å². The number of rotatable bonds is 8. The third-order valence-electron chi connectivity index (χ3n) is 5.67. The molecule has 1 aromatic heterocycles. The molecule has 1 aliphatic heterocycles. The highest BCUT2D eigenvalue weighted by Crippen LogP contribution is 2.38. The summed E-state index contributed by atoms with van der Waals surface area (Å²) in [4.78, 5) is 1.19. The van der Waals surface area contributed by atoms with E-state index in [-0.39, 0.29) is 0 Å². The molecule has 2 heterocycles. The number of ether oxygens (including phenoxy) is 3. The molecule has 3 aromatic rings. The van der Waals surface area contributed by atoms with Gasteiger partial charge in [0.1, 0.15) is 42.9 Å². The number of fused-ring (bicyclic) bond motifs is 1. The Bertz CT molecular complexity index is 1000. The van der Waals surface area contributed by atoms with E-state index in [9.17, 15) is 20.4 Å². The van der Waals surface area contributed by atoms with Crippen molar-refractivity contribution in [3.05, 3.63) is 64.5 Å². The van der Waals surface area contributed by atoms with Gasteiger partial charge in [-0.1, -0.05) is 24.3 Å². The van der Waals surface area contributed by atoms with Crippen LogP contribution < -0.4 is 4.74 Å². The molecule has 4 N–H and O–H groups in total. The zero-order valence-corrected chi connectivity index (χ0v) is 18.6. The van der Waals surface area contributed by atoms with Gasteiger partial charge >= 0.3 is 0 Å². The van der Waals surface area contributed by atoms with E-state index in [0.29, 0.717) is 30.9 Å². The average Bonchev–Trinajstić information content (AvgIpc) is 3.21. The maximum Gasteiger partial charge on any atom is 0.125 e. The van der Waals surface area contributed by atoms with Crippen molar-refractivity contribution in [1.82, 2.24) is 0 Å². The van der Waals surface area contributed by atoms with Crippen molar-refractivity contribution in [2.45, 2.75) is 36.9 Å². The first kappa shape index (κ1) is 23.1.